The summed E-state index contributed by atoms with van der Waals surface area (Å²) in [6.45, 7) is 2.39. The summed E-state index contributed by atoms with van der Waals surface area (Å²) < 4.78 is 0. The fourth-order valence-electron chi connectivity index (χ4n) is 1.82. The highest BCUT2D eigenvalue weighted by molar-refractivity contribution is 5.82. The van der Waals surface area contributed by atoms with Gasteiger partial charge in [-0.2, -0.15) is 0 Å². The number of aliphatic hydroxyl groups excluding tert-OH is 1. The van der Waals surface area contributed by atoms with Gasteiger partial charge in [0.1, 0.15) is 0 Å². The molecule has 1 atom stereocenters. The molecule has 92 valence electrons. The Morgan fingerprint density at radius 2 is 2.18 bits per heavy atom. The van der Waals surface area contributed by atoms with Crippen molar-refractivity contribution in [3.8, 4) is 0 Å². The normalized spacial score (nSPS) is 15.0. The van der Waals surface area contributed by atoms with Gasteiger partial charge >= 0.3 is 0 Å². The van der Waals surface area contributed by atoms with Gasteiger partial charge in [0.15, 0.2) is 0 Å². The van der Waals surface area contributed by atoms with E-state index in [-0.39, 0.29) is 6.61 Å². The maximum atomic E-state index is 9.65. The first kappa shape index (κ1) is 12.1. The monoisotopic (exact) mass is 234 g/mol. The van der Waals surface area contributed by atoms with Crippen LogP contribution in [0.5, 0.6) is 0 Å². The molecule has 0 radical (unpaired) electrons. The second-order valence-corrected chi connectivity index (χ2v) is 4.62. The van der Waals surface area contributed by atoms with Crippen LogP contribution in [0.25, 0.3) is 10.9 Å². The summed E-state index contributed by atoms with van der Waals surface area (Å²) >= 11 is 0. The second-order valence-electron chi connectivity index (χ2n) is 4.62. The number of fused-ring (bicyclic) bond motifs is 1. The number of aromatic nitrogens is 1. The van der Waals surface area contributed by atoms with Crippen LogP contribution in [-0.4, -0.2) is 33.9 Å². The quantitative estimate of drug-likeness (QED) is 0.624. The molecule has 0 spiro atoms. The molecule has 4 heteroatoms. The van der Waals surface area contributed by atoms with Crippen molar-refractivity contribution in [1.82, 2.24) is 10.3 Å². The summed E-state index contributed by atoms with van der Waals surface area (Å²) in [7, 11) is 0. The fraction of sp³-hybridized carbons (Fsp3) is 0.385. The minimum absolute atomic E-state index is 0.243. The van der Waals surface area contributed by atoms with E-state index in [1.165, 1.54) is 5.39 Å². The Labute approximate surface area is 100 Å². The number of hydrogen-bond acceptors (Lipinski definition) is 3. The molecule has 0 aliphatic heterocycles. The number of aliphatic hydroxyl groups is 2. The van der Waals surface area contributed by atoms with E-state index in [1.807, 2.05) is 24.4 Å². The SMILES string of the molecule is CC(O)(CO)CNCc1cccc2cc[nH]c12. The van der Waals surface area contributed by atoms with E-state index in [1.54, 1.807) is 6.92 Å². The molecule has 1 aromatic carbocycles. The largest absolute Gasteiger partial charge is 0.393 e. The maximum absolute atomic E-state index is 9.65. The molecular weight excluding hydrogens is 216 g/mol. The van der Waals surface area contributed by atoms with E-state index in [4.69, 9.17) is 5.11 Å². The Morgan fingerprint density at radius 3 is 2.94 bits per heavy atom. The minimum atomic E-state index is -1.07. The zero-order valence-corrected chi connectivity index (χ0v) is 9.90. The molecule has 0 aliphatic carbocycles. The van der Waals surface area contributed by atoms with Crippen LogP contribution in [0.2, 0.25) is 0 Å². The highest BCUT2D eigenvalue weighted by atomic mass is 16.3. The fourth-order valence-corrected chi connectivity index (χ4v) is 1.82. The van der Waals surface area contributed by atoms with E-state index in [9.17, 15) is 5.11 Å². The van der Waals surface area contributed by atoms with Crippen molar-refractivity contribution in [3.63, 3.8) is 0 Å². The lowest BCUT2D eigenvalue weighted by molar-refractivity contribution is 0.00255. The highest BCUT2D eigenvalue weighted by Gasteiger charge is 2.17. The molecule has 4 N–H and O–H groups in total. The number of para-hydroxylation sites is 1. The third-order valence-electron chi connectivity index (χ3n) is 2.84. The molecule has 0 saturated carbocycles. The molecular formula is C13H18N2O2. The van der Waals surface area contributed by atoms with Gasteiger partial charge in [0.05, 0.1) is 12.2 Å². The van der Waals surface area contributed by atoms with Crippen molar-refractivity contribution < 1.29 is 10.2 Å². The van der Waals surface area contributed by atoms with Crippen molar-refractivity contribution in [1.29, 1.82) is 0 Å². The Hall–Kier alpha value is -1.36. The van der Waals surface area contributed by atoms with E-state index in [0.717, 1.165) is 11.1 Å². The molecule has 0 bridgehead atoms. The average Bonchev–Trinajstić information content (AvgIpc) is 2.78. The molecule has 2 aromatic rings. The van der Waals surface area contributed by atoms with Gasteiger partial charge in [0.25, 0.3) is 0 Å². The number of aromatic amines is 1. The van der Waals surface area contributed by atoms with Gasteiger partial charge < -0.3 is 20.5 Å². The first-order chi connectivity index (χ1) is 8.12. The summed E-state index contributed by atoms with van der Waals surface area (Å²) in [5, 5.41) is 22.9. The summed E-state index contributed by atoms with van der Waals surface area (Å²) in [6.07, 6.45) is 1.91. The average molecular weight is 234 g/mol. The van der Waals surface area contributed by atoms with Crippen molar-refractivity contribution in [2.45, 2.75) is 19.1 Å². The Balaban J connectivity index is 2.02. The molecule has 17 heavy (non-hydrogen) atoms. The number of hydrogen-bond donors (Lipinski definition) is 4. The minimum Gasteiger partial charge on any atom is -0.393 e. The van der Waals surface area contributed by atoms with Crippen LogP contribution in [0, 0.1) is 0 Å². The van der Waals surface area contributed by atoms with Crippen molar-refractivity contribution in [2.75, 3.05) is 13.2 Å². The lowest BCUT2D eigenvalue weighted by Gasteiger charge is -2.20. The summed E-state index contributed by atoms with van der Waals surface area (Å²) in [4.78, 5) is 3.20. The van der Waals surface area contributed by atoms with Crippen molar-refractivity contribution >= 4 is 10.9 Å². The van der Waals surface area contributed by atoms with E-state index >= 15 is 0 Å². The van der Waals surface area contributed by atoms with Gasteiger partial charge in [0.2, 0.25) is 0 Å². The molecule has 1 heterocycles. The first-order valence-electron chi connectivity index (χ1n) is 5.71. The number of rotatable bonds is 5. The zero-order chi connectivity index (χ0) is 12.3. The van der Waals surface area contributed by atoms with E-state index < -0.39 is 5.60 Å². The Kier molecular flexibility index (Phi) is 3.47. The van der Waals surface area contributed by atoms with Gasteiger partial charge in [-0.3, -0.25) is 0 Å². The van der Waals surface area contributed by atoms with E-state index in [0.29, 0.717) is 13.1 Å². The summed E-state index contributed by atoms with van der Waals surface area (Å²) in [5.74, 6) is 0. The van der Waals surface area contributed by atoms with Crippen LogP contribution in [-0.2, 0) is 6.54 Å². The number of benzene rings is 1. The third-order valence-corrected chi connectivity index (χ3v) is 2.84. The number of nitrogens with one attached hydrogen (secondary N) is 2. The topological polar surface area (TPSA) is 68.3 Å². The lowest BCUT2D eigenvalue weighted by Crippen LogP contribution is -2.40. The number of H-pyrrole nitrogens is 1. The molecule has 0 fully saturated rings. The predicted molar refractivity (Wildman–Crippen MR) is 67.7 cm³/mol. The van der Waals surface area contributed by atoms with Crippen LogP contribution >= 0.6 is 0 Å². The Morgan fingerprint density at radius 1 is 1.35 bits per heavy atom. The molecule has 0 saturated heterocycles. The maximum Gasteiger partial charge on any atom is 0.0972 e. The first-order valence-corrected chi connectivity index (χ1v) is 5.71. The van der Waals surface area contributed by atoms with Gasteiger partial charge in [0, 0.05) is 24.8 Å². The van der Waals surface area contributed by atoms with Gasteiger partial charge in [-0.25, -0.2) is 0 Å². The molecule has 2 rings (SSSR count). The third kappa shape index (κ3) is 2.85. The Bertz CT molecular complexity index is 491. The highest BCUT2D eigenvalue weighted by Crippen LogP contribution is 2.16. The summed E-state index contributed by atoms with van der Waals surface area (Å²) in [6, 6.07) is 8.14. The van der Waals surface area contributed by atoms with Crippen LogP contribution < -0.4 is 5.32 Å². The van der Waals surface area contributed by atoms with Crippen molar-refractivity contribution in [3.05, 3.63) is 36.0 Å². The molecule has 0 aliphatic rings. The van der Waals surface area contributed by atoms with Gasteiger partial charge in [-0.15, -0.1) is 0 Å². The van der Waals surface area contributed by atoms with Crippen LogP contribution in [0.15, 0.2) is 30.5 Å². The van der Waals surface area contributed by atoms with Crippen LogP contribution in [0.3, 0.4) is 0 Å². The smallest absolute Gasteiger partial charge is 0.0972 e. The van der Waals surface area contributed by atoms with E-state index in [2.05, 4.69) is 16.4 Å². The van der Waals surface area contributed by atoms with Crippen LogP contribution in [0.4, 0.5) is 0 Å². The molecule has 0 amide bonds. The lowest BCUT2D eigenvalue weighted by atomic mass is 10.1. The second kappa shape index (κ2) is 4.87. The summed E-state index contributed by atoms with van der Waals surface area (Å²) in [5.41, 5.74) is 1.20. The predicted octanol–water partition coefficient (Wildman–Crippen LogP) is 1.00. The molecule has 4 nitrogen and oxygen atoms in total. The van der Waals surface area contributed by atoms with Crippen LogP contribution in [0.1, 0.15) is 12.5 Å². The van der Waals surface area contributed by atoms with Crippen molar-refractivity contribution in [2.24, 2.45) is 0 Å². The van der Waals surface area contributed by atoms with Gasteiger partial charge in [-0.05, 0) is 23.9 Å². The zero-order valence-electron chi connectivity index (χ0n) is 9.90. The standard InChI is InChI=1S/C13H18N2O2/c1-13(17,9-16)8-14-7-11-4-2-3-10-5-6-15-12(10)11/h2-6,14-17H,7-9H2,1H3. The molecule has 1 aromatic heterocycles. The van der Waals surface area contributed by atoms with Gasteiger partial charge in [-0.1, -0.05) is 18.2 Å². The molecule has 1 unspecified atom stereocenters.